The second kappa shape index (κ2) is 6.12. The van der Waals surface area contributed by atoms with Gasteiger partial charge in [0.05, 0.1) is 6.61 Å². The van der Waals surface area contributed by atoms with E-state index in [0.717, 1.165) is 6.08 Å². The molecule has 0 aromatic carbocycles. The smallest absolute Gasteiger partial charge is 0.371 e. The summed E-state index contributed by atoms with van der Waals surface area (Å²) in [6.07, 6.45) is 1.10. The normalized spacial score (nSPS) is 10.6. The van der Waals surface area contributed by atoms with Gasteiger partial charge in [0.2, 0.25) is 5.76 Å². The summed E-state index contributed by atoms with van der Waals surface area (Å²) in [5.74, 6) is -2.27. The van der Waals surface area contributed by atoms with Gasteiger partial charge in [-0.05, 0) is 30.7 Å². The minimum absolute atomic E-state index is 0.0721. The highest BCUT2D eigenvalue weighted by Crippen LogP contribution is 2.14. The van der Waals surface area contributed by atoms with Crippen LogP contribution in [0.15, 0.2) is 27.4 Å². The highest BCUT2D eigenvalue weighted by Gasteiger charge is 2.12. The van der Waals surface area contributed by atoms with Crippen molar-refractivity contribution in [3.05, 3.63) is 39.8 Å². The zero-order valence-electron chi connectivity index (χ0n) is 9.36. The molecule has 0 amide bonds. The number of furan rings is 1. The van der Waals surface area contributed by atoms with Gasteiger partial charge in [-0.25, -0.2) is 9.59 Å². The Bertz CT molecular complexity index is 539. The van der Waals surface area contributed by atoms with Crippen LogP contribution < -0.4 is 0 Å². The Morgan fingerprint density at radius 3 is 2.83 bits per heavy atom. The zero-order valence-corrected chi connectivity index (χ0v) is 9.36. The Labute approximate surface area is 101 Å². The number of aromatic carboxylic acids is 1. The van der Waals surface area contributed by atoms with Crippen LogP contribution in [0.4, 0.5) is 0 Å². The van der Waals surface area contributed by atoms with E-state index in [2.05, 4.69) is 14.8 Å². The number of hydrogen-bond donors (Lipinski definition) is 1. The van der Waals surface area contributed by atoms with Crippen molar-refractivity contribution in [1.29, 1.82) is 0 Å². The first-order chi connectivity index (χ1) is 8.58. The van der Waals surface area contributed by atoms with Crippen LogP contribution in [-0.2, 0) is 9.53 Å². The highest BCUT2D eigenvalue weighted by molar-refractivity contribution is 5.93. The lowest BCUT2D eigenvalue weighted by Gasteiger charge is -1.99. The van der Waals surface area contributed by atoms with Crippen molar-refractivity contribution in [2.75, 3.05) is 6.61 Å². The molecular formula is C10H9N3O5. The number of esters is 1. The van der Waals surface area contributed by atoms with Crippen LogP contribution in [0.5, 0.6) is 0 Å². The van der Waals surface area contributed by atoms with Crippen molar-refractivity contribution in [3.63, 3.8) is 0 Å². The number of azide groups is 1. The maximum Gasteiger partial charge on any atom is 0.371 e. The zero-order chi connectivity index (χ0) is 13.5. The molecule has 0 bridgehead atoms. The number of rotatable bonds is 5. The number of carboxylic acids is 1. The van der Waals surface area contributed by atoms with Crippen molar-refractivity contribution >= 4 is 18.0 Å². The molecule has 94 valence electrons. The second-order valence-electron chi connectivity index (χ2n) is 2.95. The monoisotopic (exact) mass is 251 g/mol. The summed E-state index contributed by atoms with van der Waals surface area (Å²) in [5.41, 5.74) is 8.00. The van der Waals surface area contributed by atoms with Gasteiger partial charge in [-0.3, -0.25) is 0 Å². The molecule has 0 fully saturated rings. The van der Waals surface area contributed by atoms with Gasteiger partial charge in [0, 0.05) is 4.91 Å². The Hall–Kier alpha value is -2.73. The maximum atomic E-state index is 11.4. The Morgan fingerprint density at radius 1 is 1.61 bits per heavy atom. The number of nitrogens with zero attached hydrogens (tertiary/aromatic N) is 3. The predicted molar refractivity (Wildman–Crippen MR) is 59.4 cm³/mol. The molecule has 8 nitrogen and oxygen atoms in total. The van der Waals surface area contributed by atoms with Gasteiger partial charge in [-0.2, -0.15) is 0 Å². The summed E-state index contributed by atoms with van der Waals surface area (Å²) in [6, 6.07) is 2.54. The molecule has 1 heterocycles. The Kier molecular flexibility index (Phi) is 4.53. The van der Waals surface area contributed by atoms with Gasteiger partial charge in [-0.15, -0.1) is 0 Å². The molecule has 0 unspecified atom stereocenters. The molecule has 0 aliphatic heterocycles. The number of ether oxygens (including phenoxy) is 1. The van der Waals surface area contributed by atoms with Gasteiger partial charge in [-0.1, -0.05) is 5.11 Å². The molecule has 0 aliphatic carbocycles. The van der Waals surface area contributed by atoms with E-state index < -0.39 is 11.9 Å². The van der Waals surface area contributed by atoms with Gasteiger partial charge >= 0.3 is 11.9 Å². The lowest BCUT2D eigenvalue weighted by atomic mass is 10.3. The molecule has 0 aliphatic rings. The molecule has 0 saturated heterocycles. The number of carbonyl (C=O) groups is 2. The second-order valence-corrected chi connectivity index (χ2v) is 2.95. The molecule has 1 rings (SSSR count). The summed E-state index contributed by atoms with van der Waals surface area (Å²) >= 11 is 0. The quantitative estimate of drug-likeness (QED) is 0.282. The van der Waals surface area contributed by atoms with Crippen molar-refractivity contribution in [1.82, 2.24) is 0 Å². The van der Waals surface area contributed by atoms with Crippen LogP contribution >= 0.6 is 0 Å². The molecule has 0 saturated carbocycles. The fraction of sp³-hybridized carbons (Fsp3) is 0.200. The molecule has 1 aromatic rings. The minimum atomic E-state index is -1.24. The standard InChI is InChI=1S/C10H9N3O5/c1-2-17-10(16)7(12-13-11)5-6-3-4-8(18-6)9(14)15/h3-5H,2H2,1H3,(H,14,15)/b7-5-. The highest BCUT2D eigenvalue weighted by atomic mass is 16.5. The molecule has 8 heteroatoms. The van der Waals surface area contributed by atoms with Crippen LogP contribution in [0.2, 0.25) is 0 Å². The van der Waals surface area contributed by atoms with Gasteiger partial charge < -0.3 is 14.3 Å². The van der Waals surface area contributed by atoms with E-state index in [1.807, 2.05) is 0 Å². The van der Waals surface area contributed by atoms with E-state index in [-0.39, 0.29) is 23.8 Å². The van der Waals surface area contributed by atoms with E-state index in [1.54, 1.807) is 6.92 Å². The molecule has 0 spiro atoms. The summed E-state index contributed by atoms with van der Waals surface area (Å²) in [7, 11) is 0. The molecule has 1 aromatic heterocycles. The molecule has 18 heavy (non-hydrogen) atoms. The van der Waals surface area contributed by atoms with Crippen LogP contribution in [0, 0.1) is 0 Å². The van der Waals surface area contributed by atoms with E-state index in [4.69, 9.17) is 15.1 Å². The van der Waals surface area contributed by atoms with E-state index in [1.165, 1.54) is 12.1 Å². The van der Waals surface area contributed by atoms with Gasteiger partial charge in [0.15, 0.2) is 0 Å². The van der Waals surface area contributed by atoms with Crippen molar-refractivity contribution in [3.8, 4) is 0 Å². The summed E-state index contributed by atoms with van der Waals surface area (Å²) in [4.78, 5) is 24.4. The predicted octanol–water partition coefficient (Wildman–Crippen LogP) is 2.19. The van der Waals surface area contributed by atoms with Crippen LogP contribution in [0.1, 0.15) is 23.2 Å². The molecular weight excluding hydrogens is 242 g/mol. The number of carboxylic acid groups (broad SMARTS) is 1. The Morgan fingerprint density at radius 2 is 2.33 bits per heavy atom. The van der Waals surface area contributed by atoms with Crippen LogP contribution in [-0.4, -0.2) is 23.7 Å². The molecule has 0 atom stereocenters. The van der Waals surface area contributed by atoms with E-state index in [0.29, 0.717) is 0 Å². The fourth-order valence-corrected chi connectivity index (χ4v) is 1.06. The summed E-state index contributed by atoms with van der Waals surface area (Å²) in [6.45, 7) is 1.72. The van der Waals surface area contributed by atoms with Gasteiger partial charge in [0.25, 0.3) is 0 Å². The van der Waals surface area contributed by atoms with Gasteiger partial charge in [0.1, 0.15) is 11.5 Å². The minimum Gasteiger partial charge on any atom is -0.475 e. The largest absolute Gasteiger partial charge is 0.475 e. The summed E-state index contributed by atoms with van der Waals surface area (Å²) < 4.78 is 9.54. The maximum absolute atomic E-state index is 11.4. The first kappa shape index (κ1) is 13.3. The third kappa shape index (κ3) is 3.39. The van der Waals surface area contributed by atoms with Crippen molar-refractivity contribution in [2.24, 2.45) is 5.11 Å². The fourth-order valence-electron chi connectivity index (χ4n) is 1.06. The topological polar surface area (TPSA) is 126 Å². The number of hydrogen-bond acceptors (Lipinski definition) is 5. The van der Waals surface area contributed by atoms with Crippen LogP contribution in [0.3, 0.4) is 0 Å². The van der Waals surface area contributed by atoms with Crippen LogP contribution in [0.25, 0.3) is 16.5 Å². The van der Waals surface area contributed by atoms with E-state index >= 15 is 0 Å². The molecule has 1 N–H and O–H groups in total. The van der Waals surface area contributed by atoms with Crippen molar-refractivity contribution in [2.45, 2.75) is 6.92 Å². The summed E-state index contributed by atoms with van der Waals surface area (Å²) in [5, 5.41) is 11.8. The number of carbonyl (C=O) groups excluding carboxylic acids is 1. The molecule has 0 radical (unpaired) electrons. The van der Waals surface area contributed by atoms with Crippen molar-refractivity contribution < 1.29 is 23.8 Å². The third-order valence-electron chi connectivity index (χ3n) is 1.75. The first-order valence-corrected chi connectivity index (χ1v) is 4.85. The third-order valence-corrected chi connectivity index (χ3v) is 1.75. The lowest BCUT2D eigenvalue weighted by Crippen LogP contribution is -2.05. The Balaban J connectivity index is 3.03. The van der Waals surface area contributed by atoms with E-state index in [9.17, 15) is 9.59 Å². The lowest BCUT2D eigenvalue weighted by molar-refractivity contribution is -0.138. The average molecular weight is 251 g/mol. The first-order valence-electron chi connectivity index (χ1n) is 4.85. The SMILES string of the molecule is CCOC(=O)/C(=C/c1ccc(C(=O)O)o1)N=[N+]=[N-]. The average Bonchev–Trinajstić information content (AvgIpc) is 2.77.